The molecule has 0 aromatic carbocycles. The third-order valence-corrected chi connectivity index (χ3v) is 6.49. The summed E-state index contributed by atoms with van der Waals surface area (Å²) < 4.78 is 28.5. The molecule has 0 amide bonds. The van der Waals surface area contributed by atoms with Crippen LogP contribution in [0.5, 0.6) is 0 Å². The first-order valence-corrected chi connectivity index (χ1v) is 9.42. The fraction of sp³-hybridized carbons (Fsp3) is 0.750. The highest BCUT2D eigenvalue weighted by Gasteiger charge is 2.32. The minimum atomic E-state index is -3.40. The largest absolute Gasteiger partial charge is 0.320 e. The number of hydrogen-bond donors (Lipinski definition) is 1. The summed E-state index contributed by atoms with van der Waals surface area (Å²) in [4.78, 5) is 0.306. The predicted octanol–water partition coefficient (Wildman–Crippen LogP) is 0.619. The highest BCUT2D eigenvalue weighted by Crippen LogP contribution is 2.24. The maximum absolute atomic E-state index is 12.6. The molecule has 6 nitrogen and oxygen atoms in total. The van der Waals surface area contributed by atoms with Crippen LogP contribution in [0.3, 0.4) is 0 Å². The van der Waals surface area contributed by atoms with Crippen LogP contribution in [0.15, 0.2) is 17.3 Å². The molecule has 0 aliphatic carbocycles. The monoisotopic (exact) mass is 318 g/mol. The minimum Gasteiger partial charge on any atom is -0.320 e. The number of nitrogens with one attached hydrogen (secondary N) is 1. The maximum Gasteiger partial charge on any atom is 0.246 e. The first-order valence-electron chi connectivity index (χ1n) is 6.82. The Morgan fingerprint density at radius 1 is 1.55 bits per heavy atom. The molecule has 1 aromatic rings. The fourth-order valence-corrected chi connectivity index (χ4v) is 5.03. The van der Waals surface area contributed by atoms with Crippen molar-refractivity contribution in [2.45, 2.75) is 30.8 Å². The Kier molecular flexibility index (Phi) is 5.48. The molecule has 1 atom stereocenters. The van der Waals surface area contributed by atoms with Gasteiger partial charge in [-0.25, -0.2) is 8.42 Å². The molecule has 0 radical (unpaired) electrons. The zero-order valence-corrected chi connectivity index (χ0v) is 13.6. The second kappa shape index (κ2) is 6.93. The van der Waals surface area contributed by atoms with Gasteiger partial charge >= 0.3 is 0 Å². The highest BCUT2D eigenvalue weighted by atomic mass is 32.2. The van der Waals surface area contributed by atoms with Crippen molar-refractivity contribution in [2.24, 2.45) is 0 Å². The van der Waals surface area contributed by atoms with E-state index in [1.807, 2.05) is 14.0 Å². The van der Waals surface area contributed by atoms with Crippen molar-refractivity contribution in [1.82, 2.24) is 19.4 Å². The topological polar surface area (TPSA) is 67.2 Å². The third kappa shape index (κ3) is 3.55. The Labute approximate surface area is 125 Å². The van der Waals surface area contributed by atoms with Crippen molar-refractivity contribution in [3.8, 4) is 0 Å². The SMILES string of the molecule is CNCCCn1cc(S(=O)(=O)N2CCSCC2C)cn1. The van der Waals surface area contributed by atoms with E-state index in [1.165, 1.54) is 6.20 Å². The van der Waals surface area contributed by atoms with Crippen LogP contribution in [0.25, 0.3) is 0 Å². The van der Waals surface area contributed by atoms with Crippen LogP contribution >= 0.6 is 11.8 Å². The summed E-state index contributed by atoms with van der Waals surface area (Å²) >= 11 is 1.80. The number of nitrogens with zero attached hydrogens (tertiary/aromatic N) is 3. The van der Waals surface area contributed by atoms with Gasteiger partial charge in [-0.15, -0.1) is 0 Å². The fourth-order valence-electron chi connectivity index (χ4n) is 2.22. The smallest absolute Gasteiger partial charge is 0.246 e. The van der Waals surface area contributed by atoms with Crippen molar-refractivity contribution >= 4 is 21.8 Å². The van der Waals surface area contributed by atoms with Crippen LogP contribution in [0, 0.1) is 0 Å². The van der Waals surface area contributed by atoms with Gasteiger partial charge in [-0.3, -0.25) is 4.68 Å². The van der Waals surface area contributed by atoms with Gasteiger partial charge in [0, 0.05) is 36.8 Å². The maximum atomic E-state index is 12.6. The number of hydrogen-bond acceptors (Lipinski definition) is 5. The minimum absolute atomic E-state index is 0.0476. The molecular weight excluding hydrogens is 296 g/mol. The van der Waals surface area contributed by atoms with E-state index in [0.717, 1.165) is 31.0 Å². The second-order valence-corrected chi connectivity index (χ2v) is 7.98. The van der Waals surface area contributed by atoms with Gasteiger partial charge in [0.25, 0.3) is 0 Å². The molecule has 0 spiro atoms. The molecule has 1 N–H and O–H groups in total. The van der Waals surface area contributed by atoms with Gasteiger partial charge in [0.05, 0.1) is 6.20 Å². The number of aromatic nitrogens is 2. The zero-order chi connectivity index (χ0) is 14.6. The molecule has 2 rings (SSSR count). The quantitative estimate of drug-likeness (QED) is 0.779. The van der Waals surface area contributed by atoms with Gasteiger partial charge in [-0.1, -0.05) is 0 Å². The van der Waals surface area contributed by atoms with Gasteiger partial charge in [-0.05, 0) is 26.9 Å². The lowest BCUT2D eigenvalue weighted by Crippen LogP contribution is -2.44. The number of sulfonamides is 1. The van der Waals surface area contributed by atoms with E-state index in [0.29, 0.717) is 11.4 Å². The van der Waals surface area contributed by atoms with Gasteiger partial charge in [0.1, 0.15) is 4.90 Å². The molecule has 2 heterocycles. The van der Waals surface area contributed by atoms with Crippen molar-refractivity contribution < 1.29 is 8.42 Å². The normalized spacial score (nSPS) is 21.2. The standard InChI is InChI=1S/C12H22N4O2S2/c1-11-10-19-7-6-16(11)20(17,18)12-8-14-15(9-12)5-3-4-13-2/h8-9,11,13H,3-7,10H2,1-2H3. The highest BCUT2D eigenvalue weighted by molar-refractivity contribution is 7.99. The average molecular weight is 318 g/mol. The Bertz CT molecular complexity index is 529. The van der Waals surface area contributed by atoms with Crippen LogP contribution < -0.4 is 5.32 Å². The number of thioether (sulfide) groups is 1. The Balaban J connectivity index is 2.09. The lowest BCUT2D eigenvalue weighted by atomic mass is 10.4. The van der Waals surface area contributed by atoms with Gasteiger partial charge in [0.2, 0.25) is 10.0 Å². The second-order valence-electron chi connectivity index (χ2n) is 4.94. The first kappa shape index (κ1) is 15.8. The molecule has 20 heavy (non-hydrogen) atoms. The van der Waals surface area contributed by atoms with E-state index in [2.05, 4.69) is 10.4 Å². The van der Waals surface area contributed by atoms with Gasteiger partial charge in [-0.2, -0.15) is 21.2 Å². The summed E-state index contributed by atoms with van der Waals surface area (Å²) in [5.41, 5.74) is 0. The van der Waals surface area contributed by atoms with Crippen LogP contribution in [0.2, 0.25) is 0 Å². The van der Waals surface area contributed by atoms with Crippen LogP contribution in [-0.4, -0.2) is 60.2 Å². The van der Waals surface area contributed by atoms with E-state index in [9.17, 15) is 8.42 Å². The molecular formula is C12H22N4O2S2. The zero-order valence-electron chi connectivity index (χ0n) is 11.9. The van der Waals surface area contributed by atoms with E-state index >= 15 is 0 Å². The van der Waals surface area contributed by atoms with Crippen LogP contribution in [0.4, 0.5) is 0 Å². The number of aryl methyl sites for hydroxylation is 1. The molecule has 1 aliphatic heterocycles. The van der Waals surface area contributed by atoms with E-state index in [4.69, 9.17) is 0 Å². The van der Waals surface area contributed by atoms with Crippen molar-refractivity contribution in [3.05, 3.63) is 12.4 Å². The Hall–Kier alpha value is -0.570. The molecule has 8 heteroatoms. The van der Waals surface area contributed by atoms with Gasteiger partial charge < -0.3 is 5.32 Å². The van der Waals surface area contributed by atoms with E-state index in [-0.39, 0.29) is 6.04 Å². The molecule has 0 saturated carbocycles. The van der Waals surface area contributed by atoms with Crippen LogP contribution in [0.1, 0.15) is 13.3 Å². The van der Waals surface area contributed by atoms with Crippen molar-refractivity contribution in [1.29, 1.82) is 0 Å². The molecule has 114 valence electrons. The summed E-state index contributed by atoms with van der Waals surface area (Å²) in [5.74, 6) is 1.72. The van der Waals surface area contributed by atoms with Crippen molar-refractivity contribution in [2.75, 3.05) is 31.6 Å². The Morgan fingerprint density at radius 3 is 3.05 bits per heavy atom. The van der Waals surface area contributed by atoms with E-state index < -0.39 is 10.0 Å². The van der Waals surface area contributed by atoms with Crippen molar-refractivity contribution in [3.63, 3.8) is 0 Å². The lowest BCUT2D eigenvalue weighted by Gasteiger charge is -2.31. The van der Waals surface area contributed by atoms with Crippen LogP contribution in [-0.2, 0) is 16.6 Å². The molecule has 1 aromatic heterocycles. The average Bonchev–Trinajstić information content (AvgIpc) is 2.89. The summed E-state index contributed by atoms with van der Waals surface area (Å²) in [7, 11) is -1.50. The molecule has 1 aliphatic rings. The molecule has 1 unspecified atom stereocenters. The Morgan fingerprint density at radius 2 is 2.35 bits per heavy atom. The predicted molar refractivity (Wildman–Crippen MR) is 81.4 cm³/mol. The number of rotatable bonds is 6. The molecule has 1 saturated heterocycles. The molecule has 0 bridgehead atoms. The summed E-state index contributed by atoms with van der Waals surface area (Å²) in [6.07, 6.45) is 4.02. The van der Waals surface area contributed by atoms with Gasteiger partial charge in [0.15, 0.2) is 0 Å². The molecule has 1 fully saturated rings. The summed E-state index contributed by atoms with van der Waals surface area (Å²) in [6.45, 7) is 4.16. The summed E-state index contributed by atoms with van der Waals surface area (Å²) in [6, 6.07) is 0.0476. The van der Waals surface area contributed by atoms with E-state index in [1.54, 1.807) is 26.9 Å². The summed E-state index contributed by atoms with van der Waals surface area (Å²) in [5, 5.41) is 7.21. The first-order chi connectivity index (χ1) is 9.55. The lowest BCUT2D eigenvalue weighted by molar-refractivity contribution is 0.367. The third-order valence-electron chi connectivity index (χ3n) is 3.34.